The summed E-state index contributed by atoms with van der Waals surface area (Å²) >= 11 is 0. The van der Waals surface area contributed by atoms with Gasteiger partial charge in [0.25, 0.3) is 0 Å². The lowest BCUT2D eigenvalue weighted by atomic mass is 9.88. The SMILES string of the molecule is C=CCc1ccc(C2=CC(C(C)(C)C)[OH+][SiH-]O2)cc1. The minimum Gasteiger partial charge on any atom is -0.648 e. The first kappa shape index (κ1) is 14.1. The maximum atomic E-state index is 5.75. The molecule has 0 radical (unpaired) electrons. The molecule has 1 aromatic rings. The van der Waals surface area contributed by atoms with Gasteiger partial charge in [-0.1, -0.05) is 51.1 Å². The first-order valence-corrected chi connectivity index (χ1v) is 7.60. The maximum absolute atomic E-state index is 5.75. The van der Waals surface area contributed by atoms with Crippen molar-refractivity contribution >= 4 is 15.8 Å². The molecule has 1 aliphatic heterocycles. The van der Waals surface area contributed by atoms with Gasteiger partial charge in [0.2, 0.25) is 0 Å². The number of rotatable bonds is 3. The van der Waals surface area contributed by atoms with Gasteiger partial charge in [0.15, 0.2) is 0 Å². The third-order valence-corrected chi connectivity index (χ3v) is 4.02. The molecule has 0 bridgehead atoms. The second-order valence-corrected chi connectivity index (χ2v) is 6.65. The molecule has 0 fully saturated rings. The van der Waals surface area contributed by atoms with Crippen molar-refractivity contribution in [1.82, 2.24) is 0 Å². The summed E-state index contributed by atoms with van der Waals surface area (Å²) in [7, 11) is -0.295. The van der Waals surface area contributed by atoms with Crippen LogP contribution in [0.5, 0.6) is 0 Å². The lowest BCUT2D eigenvalue weighted by molar-refractivity contribution is -0.0148. The van der Waals surface area contributed by atoms with Crippen molar-refractivity contribution in [1.29, 1.82) is 0 Å². The Morgan fingerprint density at radius 2 is 2.00 bits per heavy atom. The van der Waals surface area contributed by atoms with Crippen LogP contribution in [0.15, 0.2) is 43.0 Å². The number of allylic oxidation sites excluding steroid dienone is 1. The van der Waals surface area contributed by atoms with Crippen LogP contribution >= 0.6 is 0 Å². The van der Waals surface area contributed by atoms with Crippen molar-refractivity contribution in [2.75, 3.05) is 0 Å². The van der Waals surface area contributed by atoms with E-state index in [1.165, 1.54) is 5.56 Å². The molecule has 0 aliphatic carbocycles. The van der Waals surface area contributed by atoms with E-state index in [2.05, 4.69) is 62.1 Å². The van der Waals surface area contributed by atoms with Crippen molar-refractivity contribution in [3.8, 4) is 0 Å². The molecule has 1 aliphatic rings. The summed E-state index contributed by atoms with van der Waals surface area (Å²) in [6.45, 7) is 10.4. The molecule has 3 heteroatoms. The van der Waals surface area contributed by atoms with Crippen LogP contribution in [0.2, 0.25) is 0 Å². The van der Waals surface area contributed by atoms with Gasteiger partial charge in [-0.05, 0) is 12.0 Å². The van der Waals surface area contributed by atoms with Crippen molar-refractivity contribution in [2.24, 2.45) is 5.41 Å². The molecule has 0 saturated heterocycles. The smallest absolute Gasteiger partial charge is 0.367 e. The molecule has 1 aromatic carbocycles. The van der Waals surface area contributed by atoms with Crippen molar-refractivity contribution in [2.45, 2.75) is 33.3 Å². The van der Waals surface area contributed by atoms with E-state index in [1.54, 1.807) is 0 Å². The van der Waals surface area contributed by atoms with Crippen molar-refractivity contribution < 1.29 is 8.85 Å². The molecule has 102 valence electrons. The Labute approximate surface area is 118 Å². The Morgan fingerprint density at radius 1 is 1.32 bits per heavy atom. The Balaban J connectivity index is 2.20. The highest BCUT2D eigenvalue weighted by molar-refractivity contribution is 6.20. The van der Waals surface area contributed by atoms with E-state index in [9.17, 15) is 0 Å². The molecule has 0 saturated carbocycles. The third kappa shape index (κ3) is 3.58. The standard InChI is InChI=1S/C16H22O2Si/c1-5-6-12-7-9-13(10-8-12)14-11-15(16(2,3)4)18-19-17-14/h5,7-11,15,18-19H,1,6H2,2-4H3. The van der Waals surface area contributed by atoms with E-state index in [-0.39, 0.29) is 21.5 Å². The fraction of sp³-hybridized carbons (Fsp3) is 0.375. The highest BCUT2D eigenvalue weighted by atomic mass is 28.3. The Kier molecular flexibility index (Phi) is 4.27. The summed E-state index contributed by atoms with van der Waals surface area (Å²) in [5.41, 5.74) is 2.58. The van der Waals surface area contributed by atoms with Gasteiger partial charge in [-0.15, -0.1) is 6.58 Å². The minimum atomic E-state index is -0.295. The highest BCUT2D eigenvalue weighted by Crippen LogP contribution is 2.28. The molecule has 1 unspecified atom stereocenters. The van der Waals surface area contributed by atoms with E-state index in [0.29, 0.717) is 0 Å². The zero-order valence-electron chi connectivity index (χ0n) is 11.9. The summed E-state index contributed by atoms with van der Waals surface area (Å²) < 4.78 is 10.3. The van der Waals surface area contributed by atoms with Crippen molar-refractivity contribution in [3.05, 3.63) is 54.1 Å². The summed E-state index contributed by atoms with van der Waals surface area (Å²) in [6.07, 6.45) is 5.23. The minimum absolute atomic E-state index is 0.158. The molecule has 1 N–H and O–H groups in total. The number of hydrogen-bond acceptors (Lipinski definition) is 1. The molecular weight excluding hydrogens is 252 g/mol. The molecule has 2 rings (SSSR count). The first-order chi connectivity index (χ1) is 9.00. The molecule has 1 atom stereocenters. The Morgan fingerprint density at radius 3 is 2.58 bits per heavy atom. The molecule has 0 spiro atoms. The van der Waals surface area contributed by atoms with E-state index in [1.807, 2.05) is 6.08 Å². The van der Waals surface area contributed by atoms with Gasteiger partial charge in [0.05, 0.1) is 5.76 Å². The van der Waals surface area contributed by atoms with Crippen LogP contribution in [-0.2, 0) is 10.8 Å². The highest BCUT2D eigenvalue weighted by Gasteiger charge is 2.28. The molecule has 0 aromatic heterocycles. The lowest BCUT2D eigenvalue weighted by Gasteiger charge is -2.35. The van der Waals surface area contributed by atoms with Crippen LogP contribution in [0.1, 0.15) is 31.9 Å². The van der Waals surface area contributed by atoms with Crippen LogP contribution in [0.3, 0.4) is 0 Å². The fourth-order valence-corrected chi connectivity index (χ4v) is 3.04. The Bertz CT molecular complexity index is 469. The fourth-order valence-electron chi connectivity index (χ4n) is 1.99. The lowest BCUT2D eigenvalue weighted by Crippen LogP contribution is -2.36. The first-order valence-electron chi connectivity index (χ1n) is 6.61. The van der Waals surface area contributed by atoms with Crippen LogP contribution in [0.25, 0.3) is 5.76 Å². The van der Waals surface area contributed by atoms with Crippen LogP contribution in [-0.4, -0.2) is 20.5 Å². The number of hydrogen-bond donors (Lipinski definition) is 0. The van der Waals surface area contributed by atoms with Crippen LogP contribution < -0.4 is 0 Å². The van der Waals surface area contributed by atoms with Gasteiger partial charge >= 0.3 is 10.0 Å². The van der Waals surface area contributed by atoms with Gasteiger partial charge in [0, 0.05) is 17.1 Å². The molecule has 1 heterocycles. The normalized spacial score (nSPS) is 19.5. The van der Waals surface area contributed by atoms with Gasteiger partial charge in [0.1, 0.15) is 6.10 Å². The summed E-state index contributed by atoms with van der Waals surface area (Å²) in [5, 5.41) is 0. The Hall–Kier alpha value is -1.32. The molecule has 19 heavy (non-hydrogen) atoms. The average Bonchev–Trinajstić information content (AvgIpc) is 2.39. The van der Waals surface area contributed by atoms with E-state index >= 15 is 0 Å². The predicted octanol–water partition coefficient (Wildman–Crippen LogP) is 3.00. The van der Waals surface area contributed by atoms with Gasteiger partial charge < -0.3 is 8.85 Å². The quantitative estimate of drug-likeness (QED) is 0.472. The molecular formula is C16H22O2Si. The second-order valence-electron chi connectivity index (χ2n) is 5.90. The zero-order valence-corrected chi connectivity index (χ0v) is 13.0. The van der Waals surface area contributed by atoms with Crippen LogP contribution in [0, 0.1) is 5.41 Å². The summed E-state index contributed by atoms with van der Waals surface area (Å²) in [6, 6.07) is 8.51. The topological polar surface area (TPSA) is 22.0 Å². The third-order valence-electron chi connectivity index (χ3n) is 3.22. The van der Waals surface area contributed by atoms with Gasteiger partial charge in [-0.3, -0.25) is 0 Å². The monoisotopic (exact) mass is 274 g/mol. The number of benzene rings is 1. The average molecular weight is 274 g/mol. The van der Waals surface area contributed by atoms with E-state index in [0.717, 1.165) is 17.7 Å². The summed E-state index contributed by atoms with van der Waals surface area (Å²) in [4.78, 5) is 0. The van der Waals surface area contributed by atoms with Gasteiger partial charge in [-0.2, -0.15) is 0 Å². The summed E-state index contributed by atoms with van der Waals surface area (Å²) in [5.74, 6) is 0.982. The second kappa shape index (κ2) is 5.76. The predicted molar refractivity (Wildman–Crippen MR) is 82.0 cm³/mol. The maximum Gasteiger partial charge on any atom is 0.367 e. The molecule has 2 nitrogen and oxygen atoms in total. The zero-order chi connectivity index (χ0) is 13.9. The number of aliphatic hydroxyl groups is 1. The molecule has 0 amide bonds. The van der Waals surface area contributed by atoms with Gasteiger partial charge in [-0.25, -0.2) is 0 Å². The van der Waals surface area contributed by atoms with E-state index in [4.69, 9.17) is 4.43 Å². The van der Waals surface area contributed by atoms with E-state index < -0.39 is 0 Å². The van der Waals surface area contributed by atoms with Crippen molar-refractivity contribution in [3.63, 3.8) is 0 Å². The van der Waals surface area contributed by atoms with Crippen LogP contribution in [0.4, 0.5) is 0 Å². The largest absolute Gasteiger partial charge is 0.648 e.